The molecule has 0 atom stereocenters. The molecule has 0 spiro atoms. The zero-order valence-electron chi connectivity index (χ0n) is 22.6. The van der Waals surface area contributed by atoms with Crippen LogP contribution in [0.4, 0.5) is 19.0 Å². The second-order valence-electron chi connectivity index (χ2n) is 10.1. The van der Waals surface area contributed by atoms with Crippen molar-refractivity contribution in [3.05, 3.63) is 113 Å². The predicted octanol–water partition coefficient (Wildman–Crippen LogP) is 7.57. The molecule has 5 nitrogen and oxygen atoms in total. The summed E-state index contributed by atoms with van der Waals surface area (Å²) in [6.07, 6.45) is -1.95. The van der Waals surface area contributed by atoms with Crippen molar-refractivity contribution in [2.45, 2.75) is 45.5 Å². The summed E-state index contributed by atoms with van der Waals surface area (Å²) < 4.78 is 44.8. The summed E-state index contributed by atoms with van der Waals surface area (Å²) in [7, 11) is 0. The third-order valence-corrected chi connectivity index (χ3v) is 6.66. The van der Waals surface area contributed by atoms with E-state index >= 15 is 0 Å². The molecule has 0 fully saturated rings. The summed E-state index contributed by atoms with van der Waals surface area (Å²) in [6.45, 7) is 5.94. The molecule has 0 aliphatic carbocycles. The SMILES string of the molecule is Cc1ccccc1-c1ccc(N(CCc2ccc(OC(C)(C)C(=O)O)cc2)Cc2ccc(C(F)(F)F)cc2)nc1. The van der Waals surface area contributed by atoms with Crippen molar-refractivity contribution in [1.29, 1.82) is 0 Å². The monoisotopic (exact) mass is 548 g/mol. The van der Waals surface area contributed by atoms with Gasteiger partial charge in [-0.05, 0) is 85.8 Å². The second kappa shape index (κ2) is 11.8. The quantitative estimate of drug-likeness (QED) is 0.222. The minimum Gasteiger partial charge on any atom is -0.478 e. The molecule has 208 valence electrons. The Morgan fingerprint density at radius 2 is 1.55 bits per heavy atom. The number of carboxylic acids is 1. The number of benzene rings is 3. The summed E-state index contributed by atoms with van der Waals surface area (Å²) in [6, 6.07) is 24.4. The van der Waals surface area contributed by atoms with E-state index in [-0.39, 0.29) is 0 Å². The highest BCUT2D eigenvalue weighted by atomic mass is 19.4. The van der Waals surface area contributed by atoms with Crippen molar-refractivity contribution in [3.63, 3.8) is 0 Å². The molecule has 0 aliphatic rings. The summed E-state index contributed by atoms with van der Waals surface area (Å²) >= 11 is 0. The Morgan fingerprint density at radius 1 is 0.900 bits per heavy atom. The van der Waals surface area contributed by atoms with Gasteiger partial charge in [0.2, 0.25) is 0 Å². The Bertz CT molecular complexity index is 1430. The topological polar surface area (TPSA) is 62.7 Å². The lowest BCUT2D eigenvalue weighted by atomic mass is 10.0. The molecule has 8 heteroatoms. The number of carbonyl (C=O) groups is 1. The average Bonchev–Trinajstić information content (AvgIpc) is 2.92. The molecular weight excluding hydrogens is 517 g/mol. The molecule has 40 heavy (non-hydrogen) atoms. The van der Waals surface area contributed by atoms with Gasteiger partial charge in [0, 0.05) is 24.8 Å². The Hall–Kier alpha value is -4.33. The van der Waals surface area contributed by atoms with Crippen molar-refractivity contribution in [2.75, 3.05) is 11.4 Å². The van der Waals surface area contributed by atoms with Crippen LogP contribution in [0.1, 0.15) is 36.1 Å². The average molecular weight is 549 g/mol. The Labute approximate surface area is 231 Å². The van der Waals surface area contributed by atoms with Gasteiger partial charge in [-0.1, -0.05) is 48.5 Å². The molecule has 1 aromatic heterocycles. The van der Waals surface area contributed by atoms with Gasteiger partial charge >= 0.3 is 12.1 Å². The van der Waals surface area contributed by atoms with Gasteiger partial charge in [-0.3, -0.25) is 0 Å². The van der Waals surface area contributed by atoms with Gasteiger partial charge in [0.1, 0.15) is 11.6 Å². The number of hydrogen-bond acceptors (Lipinski definition) is 4. The number of halogens is 3. The van der Waals surface area contributed by atoms with Gasteiger partial charge in [0.25, 0.3) is 0 Å². The van der Waals surface area contributed by atoms with Crippen LogP contribution >= 0.6 is 0 Å². The molecule has 0 saturated carbocycles. The van der Waals surface area contributed by atoms with Crippen LogP contribution in [-0.2, 0) is 23.9 Å². The molecule has 1 heterocycles. The van der Waals surface area contributed by atoms with Gasteiger partial charge in [-0.2, -0.15) is 13.2 Å². The Balaban J connectivity index is 1.53. The van der Waals surface area contributed by atoms with E-state index in [2.05, 4.69) is 0 Å². The van der Waals surface area contributed by atoms with Crippen LogP contribution in [0.2, 0.25) is 0 Å². The lowest BCUT2D eigenvalue weighted by Crippen LogP contribution is -2.37. The number of rotatable bonds is 10. The number of anilines is 1. The van der Waals surface area contributed by atoms with Crippen LogP contribution in [0.3, 0.4) is 0 Å². The highest BCUT2D eigenvalue weighted by Crippen LogP contribution is 2.30. The largest absolute Gasteiger partial charge is 0.478 e. The lowest BCUT2D eigenvalue weighted by Gasteiger charge is -2.25. The zero-order valence-corrected chi connectivity index (χ0v) is 22.6. The maximum Gasteiger partial charge on any atom is 0.416 e. The molecule has 1 N–H and O–H groups in total. The summed E-state index contributed by atoms with van der Waals surface area (Å²) in [5, 5.41) is 9.29. The van der Waals surface area contributed by atoms with E-state index in [1.54, 1.807) is 12.1 Å². The summed E-state index contributed by atoms with van der Waals surface area (Å²) in [5.74, 6) is 0.100. The van der Waals surface area contributed by atoms with Gasteiger partial charge in [0.15, 0.2) is 5.60 Å². The third kappa shape index (κ3) is 7.20. The van der Waals surface area contributed by atoms with Gasteiger partial charge < -0.3 is 14.7 Å². The van der Waals surface area contributed by atoms with E-state index in [0.29, 0.717) is 31.1 Å². The first kappa shape index (κ1) is 28.7. The van der Waals surface area contributed by atoms with Gasteiger partial charge in [-0.15, -0.1) is 0 Å². The molecule has 0 radical (unpaired) electrons. The summed E-state index contributed by atoms with van der Waals surface area (Å²) in [5.41, 5.74) is 2.90. The van der Waals surface area contributed by atoms with Crippen LogP contribution in [0, 0.1) is 6.92 Å². The van der Waals surface area contributed by atoms with Crippen LogP contribution < -0.4 is 9.64 Å². The van der Waals surface area contributed by atoms with Crippen molar-refractivity contribution < 1.29 is 27.8 Å². The van der Waals surface area contributed by atoms with E-state index < -0.39 is 23.3 Å². The molecule has 3 aromatic carbocycles. The number of hydrogen-bond donors (Lipinski definition) is 1. The minimum absolute atomic E-state index is 0.378. The van der Waals surface area contributed by atoms with Crippen molar-refractivity contribution >= 4 is 11.8 Å². The van der Waals surface area contributed by atoms with E-state index in [9.17, 15) is 23.1 Å². The van der Waals surface area contributed by atoms with E-state index in [4.69, 9.17) is 9.72 Å². The van der Waals surface area contributed by atoms with E-state index in [0.717, 1.165) is 39.9 Å². The maximum absolute atomic E-state index is 13.1. The number of aryl methyl sites for hydroxylation is 1. The third-order valence-electron chi connectivity index (χ3n) is 6.66. The fourth-order valence-corrected chi connectivity index (χ4v) is 4.25. The van der Waals surface area contributed by atoms with Crippen LogP contribution in [0.15, 0.2) is 91.1 Å². The fraction of sp³-hybridized carbons (Fsp3) is 0.250. The summed E-state index contributed by atoms with van der Waals surface area (Å²) in [4.78, 5) is 18.1. The highest BCUT2D eigenvalue weighted by molar-refractivity contribution is 5.76. The molecule has 4 aromatic rings. The molecule has 0 saturated heterocycles. The smallest absolute Gasteiger partial charge is 0.416 e. The number of alkyl halides is 3. The molecule has 0 amide bonds. The minimum atomic E-state index is -4.39. The molecule has 0 unspecified atom stereocenters. The molecule has 0 aliphatic heterocycles. The normalized spacial score (nSPS) is 11.8. The number of carboxylic acid groups (broad SMARTS) is 1. The van der Waals surface area contributed by atoms with Crippen molar-refractivity contribution in [2.24, 2.45) is 0 Å². The number of aromatic nitrogens is 1. The molecule has 0 bridgehead atoms. The highest BCUT2D eigenvalue weighted by Gasteiger charge is 2.30. The number of ether oxygens (including phenoxy) is 1. The zero-order chi connectivity index (χ0) is 28.9. The second-order valence-corrected chi connectivity index (χ2v) is 10.1. The van der Waals surface area contributed by atoms with Crippen LogP contribution in [0.5, 0.6) is 5.75 Å². The first-order valence-electron chi connectivity index (χ1n) is 12.9. The maximum atomic E-state index is 13.1. The van der Waals surface area contributed by atoms with Gasteiger partial charge in [0.05, 0.1) is 5.56 Å². The van der Waals surface area contributed by atoms with Crippen molar-refractivity contribution in [1.82, 2.24) is 4.98 Å². The standard InChI is InChI=1S/C32H31F3N2O3/c1-22-6-4-5-7-28(22)25-12-17-29(36-20-25)37(21-24-8-13-26(14-9-24)32(33,34)35)19-18-23-10-15-27(16-11-23)40-31(2,3)30(38)39/h4-17,20H,18-19,21H2,1-3H3,(H,38,39). The lowest BCUT2D eigenvalue weighted by molar-refractivity contribution is -0.152. The van der Waals surface area contributed by atoms with E-state index in [1.165, 1.54) is 26.0 Å². The van der Waals surface area contributed by atoms with Crippen molar-refractivity contribution in [3.8, 4) is 16.9 Å². The van der Waals surface area contributed by atoms with E-state index in [1.807, 2.05) is 66.6 Å². The number of aliphatic carboxylic acids is 1. The first-order valence-corrected chi connectivity index (χ1v) is 12.9. The molecule has 4 rings (SSSR count). The first-order chi connectivity index (χ1) is 18.9. The Morgan fingerprint density at radius 3 is 2.12 bits per heavy atom. The number of nitrogens with zero attached hydrogens (tertiary/aromatic N) is 2. The number of pyridine rings is 1. The fourth-order valence-electron chi connectivity index (χ4n) is 4.25. The van der Waals surface area contributed by atoms with Crippen LogP contribution in [-0.4, -0.2) is 28.2 Å². The predicted molar refractivity (Wildman–Crippen MR) is 149 cm³/mol. The molecular formula is C32H31F3N2O3. The Kier molecular flexibility index (Phi) is 8.47. The van der Waals surface area contributed by atoms with Gasteiger partial charge in [-0.25, -0.2) is 9.78 Å². The van der Waals surface area contributed by atoms with Crippen LogP contribution in [0.25, 0.3) is 11.1 Å².